The molecule has 0 aromatic heterocycles. The van der Waals surface area contributed by atoms with Gasteiger partial charge in [0.15, 0.2) is 0 Å². The Bertz CT molecular complexity index is 570. The molecule has 1 aromatic rings. The van der Waals surface area contributed by atoms with Gasteiger partial charge in [0.1, 0.15) is 12.3 Å². The minimum absolute atomic E-state index is 0.225. The molecule has 1 amide bonds. The molecular formula is C15H24N2O4S. The van der Waals surface area contributed by atoms with Crippen LogP contribution in [0.3, 0.4) is 0 Å². The van der Waals surface area contributed by atoms with E-state index in [9.17, 15) is 13.2 Å². The van der Waals surface area contributed by atoms with Gasteiger partial charge in [0.2, 0.25) is 15.9 Å². The Labute approximate surface area is 132 Å². The number of nitrogens with zero attached hydrogens (tertiary/aromatic N) is 1. The number of carbonyl (C=O) groups excluding carboxylic acids is 1. The number of rotatable bonds is 9. The highest BCUT2D eigenvalue weighted by Gasteiger charge is 2.20. The van der Waals surface area contributed by atoms with Gasteiger partial charge in [0, 0.05) is 6.54 Å². The van der Waals surface area contributed by atoms with Crippen molar-refractivity contribution in [2.24, 2.45) is 0 Å². The zero-order valence-electron chi connectivity index (χ0n) is 13.3. The molecule has 1 aromatic carbocycles. The maximum Gasteiger partial charge on any atom is 0.240 e. The lowest BCUT2D eigenvalue weighted by Crippen LogP contribution is -2.40. The molecule has 0 atom stereocenters. The standard InChI is InChI=1S/C15H24N2O4S/c1-4-5-6-11-16-15(18)12-17(22(3,19)20)13-7-9-14(21-2)10-8-13/h7-10H,4-6,11-12H2,1-3H3,(H,16,18). The molecule has 0 bridgehead atoms. The first-order valence-electron chi connectivity index (χ1n) is 7.27. The third-order valence-electron chi connectivity index (χ3n) is 3.15. The summed E-state index contributed by atoms with van der Waals surface area (Å²) in [7, 11) is -2.00. The van der Waals surface area contributed by atoms with E-state index in [4.69, 9.17) is 4.74 Å². The van der Waals surface area contributed by atoms with Crippen LogP contribution < -0.4 is 14.4 Å². The number of hydrogen-bond acceptors (Lipinski definition) is 4. The summed E-state index contributed by atoms with van der Waals surface area (Å²) in [6.07, 6.45) is 4.08. The van der Waals surface area contributed by atoms with E-state index in [1.807, 2.05) is 0 Å². The Balaban J connectivity index is 2.75. The summed E-state index contributed by atoms with van der Waals surface area (Å²) in [6, 6.07) is 6.55. The van der Waals surface area contributed by atoms with Crippen LogP contribution in [0.5, 0.6) is 5.75 Å². The maximum absolute atomic E-state index is 11.9. The molecule has 0 spiro atoms. The van der Waals surface area contributed by atoms with Crippen LogP contribution in [0.1, 0.15) is 26.2 Å². The van der Waals surface area contributed by atoms with Crippen molar-refractivity contribution < 1.29 is 17.9 Å². The first-order chi connectivity index (χ1) is 10.4. The SMILES string of the molecule is CCCCCNC(=O)CN(c1ccc(OC)cc1)S(C)(=O)=O. The van der Waals surface area contributed by atoms with Crippen molar-refractivity contribution in [1.82, 2.24) is 5.32 Å². The third-order valence-corrected chi connectivity index (χ3v) is 4.29. The van der Waals surface area contributed by atoms with Crippen LogP contribution in [-0.4, -0.2) is 40.8 Å². The predicted octanol–water partition coefficient (Wildman–Crippen LogP) is 1.77. The fourth-order valence-corrected chi connectivity index (χ4v) is 2.79. The number of amides is 1. The zero-order valence-corrected chi connectivity index (χ0v) is 14.1. The van der Waals surface area contributed by atoms with Crippen LogP contribution in [0.25, 0.3) is 0 Å². The van der Waals surface area contributed by atoms with Gasteiger partial charge in [-0.2, -0.15) is 0 Å². The van der Waals surface area contributed by atoms with E-state index in [-0.39, 0.29) is 12.5 Å². The number of anilines is 1. The van der Waals surface area contributed by atoms with Gasteiger partial charge in [-0.1, -0.05) is 19.8 Å². The molecule has 0 saturated heterocycles. The number of hydrogen-bond donors (Lipinski definition) is 1. The largest absolute Gasteiger partial charge is 0.497 e. The number of sulfonamides is 1. The summed E-state index contributed by atoms with van der Waals surface area (Å²) < 4.78 is 30.0. The minimum atomic E-state index is -3.54. The van der Waals surface area contributed by atoms with Crippen molar-refractivity contribution in [3.05, 3.63) is 24.3 Å². The molecular weight excluding hydrogens is 304 g/mol. The Morgan fingerprint density at radius 2 is 1.86 bits per heavy atom. The fourth-order valence-electron chi connectivity index (χ4n) is 1.94. The molecule has 7 heteroatoms. The molecule has 0 unspecified atom stereocenters. The van der Waals surface area contributed by atoms with E-state index in [1.165, 1.54) is 7.11 Å². The van der Waals surface area contributed by atoms with Gasteiger partial charge in [-0.25, -0.2) is 8.42 Å². The van der Waals surface area contributed by atoms with Gasteiger partial charge in [0.05, 0.1) is 19.1 Å². The molecule has 22 heavy (non-hydrogen) atoms. The Hall–Kier alpha value is -1.76. The van der Waals surface area contributed by atoms with Gasteiger partial charge < -0.3 is 10.1 Å². The second-order valence-corrected chi connectivity index (χ2v) is 6.93. The summed E-state index contributed by atoms with van der Waals surface area (Å²) in [5.41, 5.74) is 0.437. The van der Waals surface area contributed by atoms with Gasteiger partial charge in [-0.05, 0) is 30.7 Å². The molecule has 0 aliphatic rings. The highest BCUT2D eigenvalue weighted by atomic mass is 32.2. The Morgan fingerprint density at radius 3 is 2.36 bits per heavy atom. The molecule has 124 valence electrons. The lowest BCUT2D eigenvalue weighted by Gasteiger charge is -2.22. The molecule has 0 heterocycles. The predicted molar refractivity (Wildman–Crippen MR) is 87.7 cm³/mol. The van der Waals surface area contributed by atoms with Gasteiger partial charge in [-0.15, -0.1) is 0 Å². The molecule has 0 saturated carbocycles. The average molecular weight is 328 g/mol. The van der Waals surface area contributed by atoms with E-state index in [0.29, 0.717) is 18.0 Å². The van der Waals surface area contributed by atoms with Crippen molar-refractivity contribution >= 4 is 21.6 Å². The smallest absolute Gasteiger partial charge is 0.240 e. The van der Waals surface area contributed by atoms with Crippen LogP contribution in [-0.2, 0) is 14.8 Å². The first-order valence-corrected chi connectivity index (χ1v) is 9.11. The van der Waals surface area contributed by atoms with Crippen molar-refractivity contribution in [3.8, 4) is 5.75 Å². The van der Waals surface area contributed by atoms with E-state index in [2.05, 4.69) is 12.2 Å². The summed E-state index contributed by atoms with van der Waals surface area (Å²) >= 11 is 0. The number of carbonyl (C=O) groups is 1. The van der Waals surface area contributed by atoms with Crippen LogP contribution in [0.2, 0.25) is 0 Å². The normalized spacial score (nSPS) is 11.0. The highest BCUT2D eigenvalue weighted by molar-refractivity contribution is 7.92. The number of methoxy groups -OCH3 is 1. The fraction of sp³-hybridized carbons (Fsp3) is 0.533. The lowest BCUT2D eigenvalue weighted by atomic mass is 10.2. The summed E-state index contributed by atoms with van der Waals surface area (Å²) in [5.74, 6) is 0.318. The molecule has 0 aliphatic heterocycles. The second kappa shape index (κ2) is 8.63. The molecule has 6 nitrogen and oxygen atoms in total. The van der Waals surface area contributed by atoms with Crippen LogP contribution in [0.4, 0.5) is 5.69 Å². The van der Waals surface area contributed by atoms with E-state index in [0.717, 1.165) is 29.8 Å². The van der Waals surface area contributed by atoms with Crippen molar-refractivity contribution in [2.75, 3.05) is 30.8 Å². The molecule has 1 N–H and O–H groups in total. The summed E-state index contributed by atoms with van der Waals surface area (Å²) in [6.45, 7) is 2.42. The number of ether oxygens (including phenoxy) is 1. The second-order valence-electron chi connectivity index (χ2n) is 5.02. The van der Waals surface area contributed by atoms with E-state index < -0.39 is 10.0 Å². The van der Waals surface area contributed by atoms with Crippen molar-refractivity contribution in [1.29, 1.82) is 0 Å². The summed E-state index contributed by atoms with van der Waals surface area (Å²) in [5, 5.41) is 2.74. The topological polar surface area (TPSA) is 75.7 Å². The van der Waals surface area contributed by atoms with E-state index in [1.54, 1.807) is 24.3 Å². The van der Waals surface area contributed by atoms with Crippen molar-refractivity contribution in [3.63, 3.8) is 0 Å². The molecule has 0 aliphatic carbocycles. The van der Waals surface area contributed by atoms with Crippen LogP contribution >= 0.6 is 0 Å². The maximum atomic E-state index is 11.9. The number of nitrogens with one attached hydrogen (secondary N) is 1. The Kier molecular flexibility index (Phi) is 7.17. The van der Waals surface area contributed by atoms with Crippen LogP contribution in [0.15, 0.2) is 24.3 Å². The van der Waals surface area contributed by atoms with Crippen LogP contribution in [0, 0.1) is 0 Å². The molecule has 0 radical (unpaired) electrons. The quantitative estimate of drug-likeness (QED) is 0.701. The van der Waals surface area contributed by atoms with E-state index >= 15 is 0 Å². The van der Waals surface area contributed by atoms with Gasteiger partial charge >= 0.3 is 0 Å². The first kappa shape index (κ1) is 18.3. The third kappa shape index (κ3) is 5.93. The number of unbranched alkanes of at least 4 members (excludes halogenated alkanes) is 2. The van der Waals surface area contributed by atoms with Crippen molar-refractivity contribution in [2.45, 2.75) is 26.2 Å². The molecule has 0 fully saturated rings. The monoisotopic (exact) mass is 328 g/mol. The zero-order chi connectivity index (χ0) is 16.6. The minimum Gasteiger partial charge on any atom is -0.497 e. The average Bonchev–Trinajstić information content (AvgIpc) is 2.48. The highest BCUT2D eigenvalue weighted by Crippen LogP contribution is 2.21. The molecule has 1 rings (SSSR count). The van der Waals surface area contributed by atoms with Gasteiger partial charge in [0.25, 0.3) is 0 Å². The number of benzene rings is 1. The summed E-state index contributed by atoms with van der Waals surface area (Å²) in [4.78, 5) is 11.9. The Morgan fingerprint density at radius 1 is 1.23 bits per heavy atom. The van der Waals surface area contributed by atoms with Gasteiger partial charge in [-0.3, -0.25) is 9.10 Å². The lowest BCUT2D eigenvalue weighted by molar-refractivity contribution is -0.119.